The third-order valence-corrected chi connectivity index (χ3v) is 6.78. The Bertz CT molecular complexity index is 944. The highest BCUT2D eigenvalue weighted by molar-refractivity contribution is 6.13. The van der Waals surface area contributed by atoms with Gasteiger partial charge in [0.2, 0.25) is 0 Å². The van der Waals surface area contributed by atoms with Crippen LogP contribution in [0.1, 0.15) is 43.5 Å². The molecule has 142 valence electrons. The van der Waals surface area contributed by atoms with Gasteiger partial charge < -0.3 is 14.4 Å². The second kappa shape index (κ2) is 6.21. The number of para-hydroxylation sites is 1. The zero-order chi connectivity index (χ0) is 18.6. The van der Waals surface area contributed by atoms with Crippen molar-refractivity contribution in [3.8, 4) is 0 Å². The number of carbonyl (C=O) groups is 1. The van der Waals surface area contributed by atoms with Gasteiger partial charge in [-0.05, 0) is 49.9 Å². The van der Waals surface area contributed by atoms with E-state index in [2.05, 4.69) is 40.7 Å². The zero-order valence-corrected chi connectivity index (χ0v) is 15.8. The van der Waals surface area contributed by atoms with E-state index >= 15 is 0 Å². The maximum absolute atomic E-state index is 13.0. The van der Waals surface area contributed by atoms with Crippen LogP contribution >= 0.6 is 0 Å². The standard InChI is InChI=1S/C22H26N2O3/c1-2-22-9-5-10-23-11-8-16-15-6-3-4-7-17(15)24(19(16)20(22)23)18(14-22)21(26)27-13-12-25/h3-4,6-7,14,20,25H,2,5,8-13H2,1H3/t20-,22-/m0/s1. The van der Waals surface area contributed by atoms with Crippen molar-refractivity contribution < 1.29 is 14.6 Å². The average Bonchev–Trinajstić information content (AvgIpc) is 3.05. The van der Waals surface area contributed by atoms with E-state index in [1.54, 1.807) is 0 Å². The predicted molar refractivity (Wildman–Crippen MR) is 104 cm³/mol. The van der Waals surface area contributed by atoms with Crippen molar-refractivity contribution in [2.24, 2.45) is 5.41 Å². The molecule has 0 unspecified atom stereocenters. The van der Waals surface area contributed by atoms with Crippen molar-refractivity contribution in [3.05, 3.63) is 41.6 Å². The van der Waals surface area contributed by atoms with E-state index in [9.17, 15) is 4.79 Å². The number of hydrogen-bond acceptors (Lipinski definition) is 4. The Morgan fingerprint density at radius 2 is 2.19 bits per heavy atom. The molecule has 3 aliphatic heterocycles. The first-order valence-electron chi connectivity index (χ1n) is 10.1. The minimum Gasteiger partial charge on any atom is -0.459 e. The van der Waals surface area contributed by atoms with Crippen LogP contribution in [0.25, 0.3) is 16.6 Å². The molecule has 0 radical (unpaired) electrons. The third kappa shape index (κ3) is 2.28. The molecule has 3 aliphatic rings. The summed E-state index contributed by atoms with van der Waals surface area (Å²) < 4.78 is 7.52. The number of fused-ring (bicyclic) bond motifs is 3. The van der Waals surface area contributed by atoms with E-state index in [0.29, 0.717) is 11.7 Å². The van der Waals surface area contributed by atoms with Crippen LogP contribution in [0, 0.1) is 5.41 Å². The molecule has 0 bridgehead atoms. The maximum Gasteiger partial charge on any atom is 0.355 e. The number of aliphatic hydroxyl groups is 1. The summed E-state index contributed by atoms with van der Waals surface area (Å²) in [6.45, 7) is 4.34. The lowest BCUT2D eigenvalue weighted by molar-refractivity contribution is -0.138. The van der Waals surface area contributed by atoms with Crippen molar-refractivity contribution in [2.45, 2.75) is 38.6 Å². The molecule has 2 aromatic rings. The van der Waals surface area contributed by atoms with Crippen LogP contribution < -0.4 is 0 Å². The van der Waals surface area contributed by atoms with Crippen LogP contribution in [-0.2, 0) is 16.0 Å². The monoisotopic (exact) mass is 366 g/mol. The summed E-state index contributed by atoms with van der Waals surface area (Å²) in [6, 6.07) is 8.74. The highest BCUT2D eigenvalue weighted by Gasteiger charge is 2.51. The lowest BCUT2D eigenvalue weighted by Gasteiger charge is -2.53. The minimum atomic E-state index is -0.332. The first-order valence-corrected chi connectivity index (χ1v) is 10.1. The zero-order valence-electron chi connectivity index (χ0n) is 15.8. The number of piperidine rings is 1. The van der Waals surface area contributed by atoms with Gasteiger partial charge in [-0.3, -0.25) is 4.90 Å². The van der Waals surface area contributed by atoms with Gasteiger partial charge in [-0.1, -0.05) is 25.1 Å². The van der Waals surface area contributed by atoms with Crippen molar-refractivity contribution in [2.75, 3.05) is 26.3 Å². The largest absolute Gasteiger partial charge is 0.459 e. The molecule has 1 N–H and O–H groups in total. The van der Waals surface area contributed by atoms with Gasteiger partial charge in [0.15, 0.2) is 0 Å². The summed E-state index contributed by atoms with van der Waals surface area (Å²) in [6.07, 6.45) is 6.49. The number of ether oxygens (including phenoxy) is 1. The van der Waals surface area contributed by atoms with Crippen molar-refractivity contribution >= 4 is 22.6 Å². The van der Waals surface area contributed by atoms with Crippen LogP contribution in [0.3, 0.4) is 0 Å². The predicted octanol–water partition coefficient (Wildman–Crippen LogP) is 3.12. The summed E-state index contributed by atoms with van der Waals surface area (Å²) in [5, 5.41) is 10.4. The van der Waals surface area contributed by atoms with E-state index in [1.807, 2.05) is 6.07 Å². The molecule has 1 aromatic heterocycles. The van der Waals surface area contributed by atoms with Crippen LogP contribution in [0.5, 0.6) is 0 Å². The van der Waals surface area contributed by atoms with Gasteiger partial charge in [-0.25, -0.2) is 4.79 Å². The number of benzene rings is 1. The van der Waals surface area contributed by atoms with Crippen LogP contribution in [0.4, 0.5) is 0 Å². The van der Waals surface area contributed by atoms with Crippen molar-refractivity contribution in [3.63, 3.8) is 0 Å². The second-order valence-corrected chi connectivity index (χ2v) is 7.98. The van der Waals surface area contributed by atoms with Gasteiger partial charge in [-0.15, -0.1) is 0 Å². The normalized spacial score (nSPS) is 26.6. The summed E-state index contributed by atoms with van der Waals surface area (Å²) in [5.41, 5.74) is 4.38. The number of aromatic nitrogens is 1. The molecule has 27 heavy (non-hydrogen) atoms. The molecular weight excluding hydrogens is 340 g/mol. The Morgan fingerprint density at radius 3 is 3.00 bits per heavy atom. The number of nitrogens with zero attached hydrogens (tertiary/aromatic N) is 2. The summed E-state index contributed by atoms with van der Waals surface area (Å²) in [7, 11) is 0. The third-order valence-electron chi connectivity index (χ3n) is 6.78. The number of esters is 1. The maximum atomic E-state index is 13.0. The van der Waals surface area contributed by atoms with E-state index in [1.165, 1.54) is 16.6 Å². The molecule has 1 aromatic carbocycles. The number of hydrogen-bond donors (Lipinski definition) is 1. The Hall–Kier alpha value is -2.11. The first kappa shape index (κ1) is 17.0. The Kier molecular flexibility index (Phi) is 3.92. The SMILES string of the molecule is CC[C@@]12C=C(C(=O)OCCO)n3c4c(c5ccccc53)CCN(CCC1)[C@@H]42. The Morgan fingerprint density at radius 1 is 1.33 bits per heavy atom. The van der Waals surface area contributed by atoms with Crippen LogP contribution in [-0.4, -0.2) is 46.8 Å². The molecule has 1 saturated heterocycles. The first-order chi connectivity index (χ1) is 13.2. The molecule has 5 rings (SSSR count). The van der Waals surface area contributed by atoms with E-state index in [-0.39, 0.29) is 24.6 Å². The summed E-state index contributed by atoms with van der Waals surface area (Å²) in [4.78, 5) is 15.6. The molecular formula is C22H26N2O3. The summed E-state index contributed by atoms with van der Waals surface area (Å²) in [5.74, 6) is -0.332. The number of rotatable bonds is 4. The lowest BCUT2D eigenvalue weighted by atomic mass is 9.66. The van der Waals surface area contributed by atoms with Gasteiger partial charge in [-0.2, -0.15) is 0 Å². The Balaban J connectivity index is 1.79. The molecule has 0 saturated carbocycles. The number of aliphatic hydroxyl groups excluding tert-OH is 1. The highest BCUT2D eigenvalue weighted by Crippen LogP contribution is 2.57. The van der Waals surface area contributed by atoms with E-state index in [0.717, 1.165) is 44.3 Å². The van der Waals surface area contributed by atoms with Crippen molar-refractivity contribution in [1.29, 1.82) is 0 Å². The fourth-order valence-corrected chi connectivity index (χ4v) is 5.64. The molecule has 5 nitrogen and oxygen atoms in total. The second-order valence-electron chi connectivity index (χ2n) is 7.98. The van der Waals surface area contributed by atoms with Crippen LogP contribution in [0.15, 0.2) is 30.3 Å². The van der Waals surface area contributed by atoms with E-state index < -0.39 is 0 Å². The average molecular weight is 366 g/mol. The smallest absolute Gasteiger partial charge is 0.355 e. The summed E-state index contributed by atoms with van der Waals surface area (Å²) >= 11 is 0. The van der Waals surface area contributed by atoms with E-state index in [4.69, 9.17) is 9.84 Å². The molecule has 0 aliphatic carbocycles. The highest BCUT2D eigenvalue weighted by atomic mass is 16.5. The van der Waals surface area contributed by atoms with Crippen molar-refractivity contribution in [1.82, 2.24) is 9.47 Å². The van der Waals surface area contributed by atoms with Gasteiger partial charge in [0.1, 0.15) is 12.3 Å². The molecule has 0 spiro atoms. The minimum absolute atomic E-state index is 0.0225. The van der Waals surface area contributed by atoms with Gasteiger partial charge in [0.25, 0.3) is 0 Å². The Labute approximate surface area is 159 Å². The fraction of sp³-hybridized carbons (Fsp3) is 0.500. The van der Waals surface area contributed by atoms with Crippen LogP contribution in [0.2, 0.25) is 0 Å². The van der Waals surface area contributed by atoms with Gasteiger partial charge >= 0.3 is 5.97 Å². The molecule has 4 heterocycles. The quantitative estimate of drug-likeness (QED) is 0.845. The molecule has 0 amide bonds. The molecule has 2 atom stereocenters. The molecule has 1 fully saturated rings. The molecule has 5 heteroatoms. The van der Waals surface area contributed by atoms with Gasteiger partial charge in [0, 0.05) is 23.0 Å². The van der Waals surface area contributed by atoms with Gasteiger partial charge in [0.05, 0.1) is 18.2 Å². The number of carbonyl (C=O) groups excluding carboxylic acids is 1. The topological polar surface area (TPSA) is 54.7 Å². The lowest BCUT2D eigenvalue weighted by Crippen LogP contribution is -2.51. The fourth-order valence-electron chi connectivity index (χ4n) is 5.64.